The number of carbonyl (C=O) groups excluding carboxylic acids is 3. The lowest BCUT2D eigenvalue weighted by Gasteiger charge is -2.35. The minimum atomic E-state index is -1.50. The predicted octanol–water partition coefficient (Wildman–Crippen LogP) is 0.425. The third kappa shape index (κ3) is 15.8. The van der Waals surface area contributed by atoms with Crippen LogP contribution < -0.4 is 16.2 Å². The van der Waals surface area contributed by atoms with Crippen LogP contribution in [0.25, 0.3) is 0 Å². The van der Waals surface area contributed by atoms with Crippen molar-refractivity contribution < 1.29 is 44.0 Å². The second-order valence-electron chi connectivity index (χ2n) is 13.2. The van der Waals surface area contributed by atoms with Crippen molar-refractivity contribution in [2.75, 3.05) is 52.4 Å². The highest BCUT2D eigenvalue weighted by molar-refractivity contribution is 6.59. The van der Waals surface area contributed by atoms with E-state index in [0.717, 1.165) is 51.4 Å². The van der Waals surface area contributed by atoms with E-state index < -0.39 is 19.8 Å². The van der Waals surface area contributed by atoms with Crippen molar-refractivity contribution in [1.29, 1.82) is 0 Å². The van der Waals surface area contributed by atoms with Crippen LogP contribution in [0, 0.1) is 0 Å². The lowest BCUT2D eigenvalue weighted by Crippen LogP contribution is -2.49. The minimum absolute atomic E-state index is 0.200. The van der Waals surface area contributed by atoms with Gasteiger partial charge < -0.3 is 44.7 Å². The first-order valence-corrected chi connectivity index (χ1v) is 15.7. The van der Waals surface area contributed by atoms with Gasteiger partial charge in [-0.2, -0.15) is 0 Å². The van der Waals surface area contributed by atoms with Crippen LogP contribution in [0.15, 0.2) is 48.5 Å². The number of benzene rings is 2. The van der Waals surface area contributed by atoms with Crippen LogP contribution in [0.2, 0.25) is 0 Å². The van der Waals surface area contributed by atoms with Crippen LogP contribution in [0.1, 0.15) is 57.5 Å². The molecule has 0 atom stereocenters. The van der Waals surface area contributed by atoms with Gasteiger partial charge in [0.05, 0.1) is 0 Å². The molecule has 2 amide bonds. The van der Waals surface area contributed by atoms with E-state index in [-0.39, 0.29) is 17.8 Å². The summed E-state index contributed by atoms with van der Waals surface area (Å²) in [6, 6.07) is 13.4. The van der Waals surface area contributed by atoms with Crippen LogP contribution >= 0.6 is 0 Å². The SMILES string of the molecule is CC(C)(C)OC(=O)N1CCN(Cc2cccc(B(O)O)c2)CC1.CC(C)(C)OC(=O)N1CCNCC1.O=Cc1cccc(B(O)O)c1. The van der Waals surface area contributed by atoms with Gasteiger partial charge in [0.15, 0.2) is 0 Å². The molecule has 2 heterocycles. The molecular formula is C32H50B2N4O9. The highest BCUT2D eigenvalue weighted by Crippen LogP contribution is 2.13. The fraction of sp³-hybridized carbons (Fsp3) is 0.531. The number of ether oxygens (including phenoxy) is 2. The molecule has 0 unspecified atom stereocenters. The van der Waals surface area contributed by atoms with Gasteiger partial charge >= 0.3 is 26.4 Å². The number of amides is 2. The molecule has 2 fully saturated rings. The van der Waals surface area contributed by atoms with Gasteiger partial charge in [0, 0.05) is 64.5 Å². The Hall–Kier alpha value is -3.46. The Labute approximate surface area is 278 Å². The monoisotopic (exact) mass is 656 g/mol. The summed E-state index contributed by atoms with van der Waals surface area (Å²) in [6.07, 6.45) is 0.197. The Morgan fingerprint density at radius 3 is 1.68 bits per heavy atom. The molecule has 258 valence electrons. The highest BCUT2D eigenvalue weighted by atomic mass is 16.6. The molecule has 0 spiro atoms. The van der Waals surface area contributed by atoms with E-state index in [1.807, 2.05) is 53.7 Å². The highest BCUT2D eigenvalue weighted by Gasteiger charge is 2.26. The van der Waals surface area contributed by atoms with Crippen LogP contribution in [0.5, 0.6) is 0 Å². The quantitative estimate of drug-likeness (QED) is 0.223. The van der Waals surface area contributed by atoms with Gasteiger partial charge in [0.2, 0.25) is 0 Å². The Kier molecular flexibility index (Phi) is 15.9. The molecule has 0 bridgehead atoms. The summed E-state index contributed by atoms with van der Waals surface area (Å²) in [5.41, 5.74) is 1.43. The largest absolute Gasteiger partial charge is 0.488 e. The number of piperazine rings is 2. The van der Waals surface area contributed by atoms with Gasteiger partial charge in [-0.05, 0) is 58.0 Å². The molecule has 4 rings (SSSR count). The molecule has 2 saturated heterocycles. The summed E-state index contributed by atoms with van der Waals surface area (Å²) in [7, 11) is -2.95. The lowest BCUT2D eigenvalue weighted by atomic mass is 9.79. The van der Waals surface area contributed by atoms with E-state index >= 15 is 0 Å². The fourth-order valence-electron chi connectivity index (χ4n) is 4.49. The van der Waals surface area contributed by atoms with Gasteiger partial charge in [-0.15, -0.1) is 0 Å². The zero-order valence-electron chi connectivity index (χ0n) is 28.4. The van der Waals surface area contributed by atoms with Gasteiger partial charge in [-0.1, -0.05) is 48.5 Å². The van der Waals surface area contributed by atoms with Crippen molar-refractivity contribution in [3.05, 3.63) is 59.7 Å². The van der Waals surface area contributed by atoms with Crippen LogP contribution in [-0.2, 0) is 16.0 Å². The number of nitrogens with one attached hydrogen (secondary N) is 1. The number of carbonyl (C=O) groups is 3. The Bertz CT molecular complexity index is 1270. The number of rotatable bonds is 5. The molecule has 13 nitrogen and oxygen atoms in total. The van der Waals surface area contributed by atoms with Crippen molar-refractivity contribution in [2.24, 2.45) is 0 Å². The van der Waals surface area contributed by atoms with Gasteiger partial charge in [0.1, 0.15) is 17.5 Å². The van der Waals surface area contributed by atoms with Crippen molar-refractivity contribution in [3.63, 3.8) is 0 Å². The first-order valence-electron chi connectivity index (χ1n) is 15.7. The molecule has 2 aliphatic heterocycles. The van der Waals surface area contributed by atoms with Crippen molar-refractivity contribution in [3.8, 4) is 0 Å². The fourth-order valence-corrected chi connectivity index (χ4v) is 4.49. The Balaban J connectivity index is 0.000000270. The smallest absolute Gasteiger partial charge is 0.444 e. The number of hydrogen-bond donors (Lipinski definition) is 5. The molecule has 2 aromatic rings. The van der Waals surface area contributed by atoms with E-state index in [0.29, 0.717) is 35.9 Å². The Morgan fingerprint density at radius 2 is 1.21 bits per heavy atom. The summed E-state index contributed by atoms with van der Waals surface area (Å²) in [4.78, 5) is 39.4. The van der Waals surface area contributed by atoms with Crippen LogP contribution in [0.4, 0.5) is 9.59 Å². The number of nitrogens with zero attached hydrogens (tertiary/aromatic N) is 3. The van der Waals surface area contributed by atoms with E-state index in [4.69, 9.17) is 19.5 Å². The topological polar surface area (TPSA) is 172 Å². The zero-order chi connectivity index (χ0) is 35.2. The standard InChI is InChI=1S/C16H25BN2O4.C9H18N2O2.C7H7BO3/c1-16(2,3)23-15(20)19-9-7-18(8-10-19)12-13-5-4-6-14(11-13)17(21)22;1-9(2,3)13-8(12)11-6-4-10-5-7-11;9-5-6-2-1-3-7(4-6)8(10)11/h4-6,11,21-22H,7-10,12H2,1-3H3;10H,4-7H2,1-3H3;1-5,10-11H. The first-order chi connectivity index (χ1) is 22.0. The Morgan fingerprint density at radius 1 is 0.745 bits per heavy atom. The molecular weight excluding hydrogens is 606 g/mol. The van der Waals surface area contributed by atoms with Gasteiger partial charge in [0.25, 0.3) is 0 Å². The second kappa shape index (κ2) is 18.8. The molecule has 5 N–H and O–H groups in total. The van der Waals surface area contributed by atoms with Gasteiger partial charge in [-0.3, -0.25) is 9.69 Å². The van der Waals surface area contributed by atoms with Crippen molar-refractivity contribution in [1.82, 2.24) is 20.0 Å². The maximum absolute atomic E-state index is 12.0. The maximum atomic E-state index is 12.0. The summed E-state index contributed by atoms with van der Waals surface area (Å²) >= 11 is 0. The normalized spacial score (nSPS) is 15.3. The van der Waals surface area contributed by atoms with E-state index in [1.165, 1.54) is 12.1 Å². The molecule has 0 saturated carbocycles. The molecule has 2 aliphatic rings. The zero-order valence-corrected chi connectivity index (χ0v) is 28.4. The summed E-state index contributed by atoms with van der Waals surface area (Å²) < 4.78 is 10.6. The predicted molar refractivity (Wildman–Crippen MR) is 182 cm³/mol. The lowest BCUT2D eigenvalue weighted by molar-refractivity contribution is 0.0138. The third-order valence-electron chi connectivity index (χ3n) is 6.79. The minimum Gasteiger partial charge on any atom is -0.444 e. The van der Waals surface area contributed by atoms with E-state index in [9.17, 15) is 24.4 Å². The summed E-state index contributed by atoms with van der Waals surface area (Å²) in [6.45, 7) is 18.0. The molecule has 0 radical (unpaired) electrons. The number of aldehydes is 1. The first kappa shape index (κ1) is 39.7. The van der Waals surface area contributed by atoms with Crippen LogP contribution in [0.3, 0.4) is 0 Å². The second-order valence-corrected chi connectivity index (χ2v) is 13.2. The average Bonchev–Trinajstić information content (AvgIpc) is 3.01. The third-order valence-corrected chi connectivity index (χ3v) is 6.79. The molecule has 15 heteroatoms. The van der Waals surface area contributed by atoms with Gasteiger partial charge in [-0.25, -0.2) is 9.59 Å². The molecule has 0 aliphatic carbocycles. The maximum Gasteiger partial charge on any atom is 0.488 e. The molecule has 47 heavy (non-hydrogen) atoms. The summed E-state index contributed by atoms with van der Waals surface area (Å²) in [5, 5.41) is 39.0. The van der Waals surface area contributed by atoms with E-state index in [1.54, 1.807) is 34.1 Å². The molecule has 0 aromatic heterocycles. The molecule has 2 aromatic carbocycles. The summed E-state index contributed by atoms with van der Waals surface area (Å²) in [5.74, 6) is 0. The van der Waals surface area contributed by atoms with Crippen LogP contribution in [-0.4, -0.2) is 131 Å². The van der Waals surface area contributed by atoms with E-state index in [2.05, 4.69) is 10.2 Å². The number of hydrogen-bond acceptors (Lipinski definition) is 11. The van der Waals surface area contributed by atoms with Crippen molar-refractivity contribution in [2.45, 2.75) is 59.3 Å². The average molecular weight is 656 g/mol. The van der Waals surface area contributed by atoms with Crippen molar-refractivity contribution >= 4 is 43.6 Å².